The molecule has 0 saturated carbocycles. The molecule has 0 spiro atoms. The van der Waals surface area contributed by atoms with E-state index >= 15 is 0 Å². The van der Waals surface area contributed by atoms with Crippen LogP contribution < -0.4 is 0 Å². The van der Waals surface area contributed by atoms with Gasteiger partial charge in [-0.15, -0.1) is 0 Å². The third-order valence-corrected chi connectivity index (χ3v) is 4.37. The molecule has 1 atom stereocenters. The molecule has 1 aliphatic rings. The van der Waals surface area contributed by atoms with Crippen molar-refractivity contribution in [2.45, 2.75) is 38.9 Å². The first-order valence-electron chi connectivity index (χ1n) is 7.70. The zero-order valence-electron chi connectivity index (χ0n) is 13.4. The highest BCUT2D eigenvalue weighted by Gasteiger charge is 2.36. The van der Waals surface area contributed by atoms with Gasteiger partial charge in [0.2, 0.25) is 0 Å². The minimum atomic E-state index is -4.47. The van der Waals surface area contributed by atoms with Crippen LogP contribution >= 0.6 is 0 Å². The second kappa shape index (κ2) is 5.96. The highest BCUT2D eigenvalue weighted by Crippen LogP contribution is 2.37. The van der Waals surface area contributed by atoms with Crippen LogP contribution in [0, 0.1) is 13.8 Å². The maximum Gasteiger partial charge on any atom is 0.416 e. The first kappa shape index (κ1) is 16.5. The van der Waals surface area contributed by atoms with Gasteiger partial charge in [0.15, 0.2) is 0 Å². The topological polar surface area (TPSA) is 46.3 Å². The van der Waals surface area contributed by atoms with E-state index in [4.69, 9.17) is 4.52 Å². The molecule has 0 aliphatic carbocycles. The molecule has 2 aromatic rings. The van der Waals surface area contributed by atoms with E-state index < -0.39 is 17.6 Å². The predicted octanol–water partition coefficient (Wildman–Crippen LogP) is 4.29. The fourth-order valence-corrected chi connectivity index (χ4v) is 3.27. The lowest BCUT2D eigenvalue weighted by atomic mass is 10.0. The molecular weight excluding hydrogens is 321 g/mol. The van der Waals surface area contributed by atoms with Crippen molar-refractivity contribution < 1.29 is 22.5 Å². The Morgan fingerprint density at radius 1 is 1.33 bits per heavy atom. The first-order valence-corrected chi connectivity index (χ1v) is 7.70. The molecule has 128 valence electrons. The van der Waals surface area contributed by atoms with E-state index in [1.54, 1.807) is 18.7 Å². The average molecular weight is 338 g/mol. The Labute approximate surface area is 137 Å². The first-order chi connectivity index (χ1) is 11.3. The van der Waals surface area contributed by atoms with E-state index in [2.05, 4.69) is 5.16 Å². The molecule has 1 aliphatic heterocycles. The van der Waals surface area contributed by atoms with Crippen molar-refractivity contribution in [3.63, 3.8) is 0 Å². The van der Waals surface area contributed by atoms with E-state index in [0.717, 1.165) is 30.5 Å². The highest BCUT2D eigenvalue weighted by atomic mass is 19.4. The summed E-state index contributed by atoms with van der Waals surface area (Å²) in [6.07, 6.45) is -2.94. The smallest absolute Gasteiger partial charge is 0.361 e. The predicted molar refractivity (Wildman–Crippen MR) is 80.4 cm³/mol. The van der Waals surface area contributed by atoms with Gasteiger partial charge in [0.1, 0.15) is 5.76 Å². The fourth-order valence-electron chi connectivity index (χ4n) is 3.27. The summed E-state index contributed by atoms with van der Waals surface area (Å²) in [6.45, 7) is 4.08. The van der Waals surface area contributed by atoms with Crippen LogP contribution in [0.5, 0.6) is 0 Å². The second-order valence-corrected chi connectivity index (χ2v) is 5.97. The summed E-state index contributed by atoms with van der Waals surface area (Å²) in [5.41, 5.74) is 0.791. The van der Waals surface area contributed by atoms with E-state index in [-0.39, 0.29) is 11.6 Å². The van der Waals surface area contributed by atoms with E-state index in [1.807, 2.05) is 0 Å². The van der Waals surface area contributed by atoms with Crippen LogP contribution in [0.4, 0.5) is 13.2 Å². The van der Waals surface area contributed by atoms with Crippen molar-refractivity contribution in [3.8, 4) is 0 Å². The van der Waals surface area contributed by atoms with Gasteiger partial charge in [-0.1, -0.05) is 11.2 Å². The molecule has 1 aromatic carbocycles. The zero-order valence-corrected chi connectivity index (χ0v) is 13.4. The van der Waals surface area contributed by atoms with Gasteiger partial charge in [0, 0.05) is 17.7 Å². The number of nitrogens with zero attached hydrogens (tertiary/aromatic N) is 2. The van der Waals surface area contributed by atoms with Crippen molar-refractivity contribution in [2.75, 3.05) is 6.54 Å². The molecule has 1 fully saturated rings. The normalized spacial score (nSPS) is 18.2. The Kier molecular flexibility index (Phi) is 4.11. The number of carbonyl (C=O) groups excluding carboxylic acids is 1. The molecule has 4 nitrogen and oxygen atoms in total. The number of hydrogen-bond acceptors (Lipinski definition) is 3. The summed E-state index contributed by atoms with van der Waals surface area (Å²) in [5, 5.41) is 3.91. The van der Waals surface area contributed by atoms with Crippen LogP contribution in [-0.4, -0.2) is 22.5 Å². The number of benzene rings is 1. The molecule has 0 unspecified atom stereocenters. The van der Waals surface area contributed by atoms with Gasteiger partial charge in [0.05, 0.1) is 17.3 Å². The fraction of sp³-hybridized carbons (Fsp3) is 0.412. The number of rotatable bonds is 2. The van der Waals surface area contributed by atoms with E-state index in [0.29, 0.717) is 18.0 Å². The number of alkyl halides is 3. The van der Waals surface area contributed by atoms with Crippen LogP contribution in [0.2, 0.25) is 0 Å². The molecule has 7 heteroatoms. The number of carbonyl (C=O) groups is 1. The molecule has 2 heterocycles. The molecule has 0 radical (unpaired) electrons. The van der Waals surface area contributed by atoms with Gasteiger partial charge in [-0.2, -0.15) is 13.2 Å². The summed E-state index contributed by atoms with van der Waals surface area (Å²) in [5.74, 6) is 0.241. The lowest BCUT2D eigenvalue weighted by Gasteiger charge is -2.25. The Hall–Kier alpha value is -2.31. The summed E-state index contributed by atoms with van der Waals surface area (Å²) in [7, 11) is 0. The minimum absolute atomic E-state index is 0.0449. The third kappa shape index (κ3) is 2.90. The number of likely N-dealkylation sites (tertiary alicyclic amines) is 1. The quantitative estimate of drug-likeness (QED) is 0.821. The Morgan fingerprint density at radius 3 is 2.71 bits per heavy atom. The summed E-state index contributed by atoms with van der Waals surface area (Å²) in [6, 6.07) is 4.34. The minimum Gasteiger partial charge on any atom is -0.361 e. The molecular formula is C17H17F3N2O2. The van der Waals surface area contributed by atoms with Gasteiger partial charge < -0.3 is 9.42 Å². The summed E-state index contributed by atoms with van der Waals surface area (Å²) < 4.78 is 43.8. The Bertz CT molecular complexity index is 748. The standard InChI is InChI=1S/C17H17F3N2O2/c1-10-15(11(2)24-21-10)14-7-4-8-22(14)16(23)12-5-3-6-13(9-12)17(18,19)20/h3,5-6,9,14H,4,7-8H2,1-2H3/t14-/m0/s1. The van der Waals surface area contributed by atoms with Crippen LogP contribution in [0.15, 0.2) is 28.8 Å². The van der Waals surface area contributed by atoms with Crippen LogP contribution in [0.3, 0.4) is 0 Å². The molecule has 3 rings (SSSR count). The van der Waals surface area contributed by atoms with Crippen molar-refractivity contribution in [3.05, 3.63) is 52.4 Å². The van der Waals surface area contributed by atoms with Gasteiger partial charge >= 0.3 is 6.18 Å². The van der Waals surface area contributed by atoms with Crippen molar-refractivity contribution in [1.82, 2.24) is 10.1 Å². The number of hydrogen-bond donors (Lipinski definition) is 0. The van der Waals surface area contributed by atoms with Gasteiger partial charge in [-0.25, -0.2) is 0 Å². The average Bonchev–Trinajstić information content (AvgIpc) is 3.12. The molecule has 24 heavy (non-hydrogen) atoms. The molecule has 0 bridgehead atoms. The second-order valence-electron chi connectivity index (χ2n) is 5.97. The summed E-state index contributed by atoms with van der Waals surface area (Å²) >= 11 is 0. The number of aryl methyl sites for hydroxylation is 2. The highest BCUT2D eigenvalue weighted by molar-refractivity contribution is 5.95. The molecule has 1 saturated heterocycles. The zero-order chi connectivity index (χ0) is 17.5. The lowest BCUT2D eigenvalue weighted by molar-refractivity contribution is -0.137. The Morgan fingerprint density at radius 2 is 2.08 bits per heavy atom. The number of amides is 1. The number of halogens is 3. The number of aromatic nitrogens is 1. The molecule has 1 amide bonds. The molecule has 0 N–H and O–H groups in total. The van der Waals surface area contributed by atoms with Gasteiger partial charge in [-0.3, -0.25) is 4.79 Å². The van der Waals surface area contributed by atoms with E-state index in [1.165, 1.54) is 12.1 Å². The third-order valence-electron chi connectivity index (χ3n) is 4.37. The Balaban J connectivity index is 1.92. The maximum absolute atomic E-state index is 12.9. The van der Waals surface area contributed by atoms with Crippen LogP contribution in [0.1, 0.15) is 51.8 Å². The SMILES string of the molecule is Cc1noc(C)c1[C@@H]1CCCN1C(=O)c1cccc(C(F)(F)F)c1. The molecule has 1 aromatic heterocycles. The van der Waals surface area contributed by atoms with E-state index in [9.17, 15) is 18.0 Å². The van der Waals surface area contributed by atoms with Crippen molar-refractivity contribution >= 4 is 5.91 Å². The largest absolute Gasteiger partial charge is 0.416 e. The maximum atomic E-state index is 12.9. The lowest BCUT2D eigenvalue weighted by Crippen LogP contribution is -2.31. The van der Waals surface area contributed by atoms with Crippen molar-refractivity contribution in [2.24, 2.45) is 0 Å². The van der Waals surface area contributed by atoms with Crippen molar-refractivity contribution in [1.29, 1.82) is 0 Å². The van der Waals surface area contributed by atoms with Gasteiger partial charge in [-0.05, 0) is 44.9 Å². The summed E-state index contributed by atoms with van der Waals surface area (Å²) in [4.78, 5) is 14.4. The van der Waals surface area contributed by atoms with Crippen LogP contribution in [0.25, 0.3) is 0 Å². The monoisotopic (exact) mass is 338 g/mol. The van der Waals surface area contributed by atoms with Crippen LogP contribution in [-0.2, 0) is 6.18 Å². The van der Waals surface area contributed by atoms with Gasteiger partial charge in [0.25, 0.3) is 5.91 Å².